The highest BCUT2D eigenvalue weighted by Crippen LogP contribution is 2.21. The maximum absolute atomic E-state index is 12.6. The third-order valence-electron chi connectivity index (χ3n) is 3.91. The minimum atomic E-state index is -0.352. The lowest BCUT2D eigenvalue weighted by atomic mass is 10.1. The van der Waals surface area contributed by atoms with E-state index >= 15 is 0 Å². The molecular formula is C17H18N2O3S. The smallest absolute Gasteiger partial charge is 0.332 e. The van der Waals surface area contributed by atoms with Crippen molar-refractivity contribution in [3.8, 4) is 0 Å². The normalized spacial score (nSPS) is 11.2. The maximum Gasteiger partial charge on any atom is 0.332 e. The van der Waals surface area contributed by atoms with E-state index < -0.39 is 0 Å². The molecule has 2 heterocycles. The molecule has 0 atom stereocenters. The molecule has 5 nitrogen and oxygen atoms in total. The van der Waals surface area contributed by atoms with Crippen molar-refractivity contribution in [2.45, 2.75) is 26.4 Å². The largest absolute Gasteiger partial charge is 0.395 e. The quantitative estimate of drug-likeness (QED) is 0.775. The molecule has 1 aromatic carbocycles. The summed E-state index contributed by atoms with van der Waals surface area (Å²) in [6, 6.07) is 9.93. The van der Waals surface area contributed by atoms with Gasteiger partial charge in [0.05, 0.1) is 18.5 Å². The summed E-state index contributed by atoms with van der Waals surface area (Å²) in [5, 5.41) is 11.6. The molecule has 0 amide bonds. The van der Waals surface area contributed by atoms with Gasteiger partial charge < -0.3 is 5.11 Å². The molecule has 0 aliphatic carbocycles. The average Bonchev–Trinajstić information content (AvgIpc) is 2.94. The molecule has 0 fully saturated rings. The maximum atomic E-state index is 12.6. The molecule has 23 heavy (non-hydrogen) atoms. The fourth-order valence-corrected chi connectivity index (χ4v) is 3.79. The van der Waals surface area contributed by atoms with Gasteiger partial charge in [0.15, 0.2) is 0 Å². The standard InChI is InChI=1S/C17H18N2O3S/c1-12-11-23-16-14(12)15(21)18(9-10-20)17(22)19(16)8-7-13-5-3-2-4-6-13/h2-6,11,20H,7-10H2,1H3. The summed E-state index contributed by atoms with van der Waals surface area (Å²) < 4.78 is 2.78. The van der Waals surface area contributed by atoms with E-state index in [4.69, 9.17) is 5.11 Å². The van der Waals surface area contributed by atoms with Gasteiger partial charge in [-0.15, -0.1) is 11.3 Å². The number of benzene rings is 1. The fraction of sp³-hybridized carbons (Fsp3) is 0.294. The molecular weight excluding hydrogens is 312 g/mol. The van der Waals surface area contributed by atoms with Crippen LogP contribution >= 0.6 is 11.3 Å². The molecule has 0 saturated heterocycles. The van der Waals surface area contributed by atoms with Crippen LogP contribution in [0.4, 0.5) is 0 Å². The van der Waals surface area contributed by atoms with Gasteiger partial charge in [-0.1, -0.05) is 30.3 Å². The Morgan fingerprint density at radius 1 is 1.09 bits per heavy atom. The highest BCUT2D eigenvalue weighted by molar-refractivity contribution is 7.17. The van der Waals surface area contributed by atoms with Crippen molar-refractivity contribution in [3.05, 3.63) is 67.7 Å². The van der Waals surface area contributed by atoms with Crippen molar-refractivity contribution in [2.24, 2.45) is 0 Å². The zero-order valence-corrected chi connectivity index (χ0v) is 13.7. The molecule has 0 radical (unpaired) electrons. The third kappa shape index (κ3) is 2.87. The lowest BCUT2D eigenvalue weighted by Gasteiger charge is -2.11. The van der Waals surface area contributed by atoms with E-state index in [-0.39, 0.29) is 24.4 Å². The second-order valence-electron chi connectivity index (χ2n) is 5.45. The van der Waals surface area contributed by atoms with Crippen LogP contribution in [0.3, 0.4) is 0 Å². The highest BCUT2D eigenvalue weighted by Gasteiger charge is 2.16. The fourth-order valence-electron chi connectivity index (χ4n) is 2.72. The Morgan fingerprint density at radius 2 is 1.83 bits per heavy atom. The van der Waals surface area contributed by atoms with E-state index in [9.17, 15) is 9.59 Å². The number of aliphatic hydroxyl groups is 1. The Hall–Kier alpha value is -2.18. The Kier molecular flexibility index (Phi) is 4.45. The average molecular weight is 330 g/mol. The Morgan fingerprint density at radius 3 is 2.52 bits per heavy atom. The van der Waals surface area contributed by atoms with E-state index in [1.807, 2.05) is 42.6 Å². The SMILES string of the molecule is Cc1csc2c1c(=O)n(CCO)c(=O)n2CCc1ccccc1. The first kappa shape index (κ1) is 15.7. The number of aromatic nitrogens is 2. The molecule has 2 aromatic heterocycles. The van der Waals surface area contributed by atoms with E-state index in [1.165, 1.54) is 11.3 Å². The number of aryl methyl sites for hydroxylation is 3. The van der Waals surface area contributed by atoms with Gasteiger partial charge in [-0.25, -0.2) is 4.79 Å². The topological polar surface area (TPSA) is 64.2 Å². The lowest BCUT2D eigenvalue weighted by molar-refractivity contribution is 0.270. The molecule has 0 unspecified atom stereocenters. The van der Waals surface area contributed by atoms with Crippen molar-refractivity contribution in [1.82, 2.24) is 9.13 Å². The van der Waals surface area contributed by atoms with E-state index in [0.717, 1.165) is 15.7 Å². The van der Waals surface area contributed by atoms with Gasteiger partial charge in [0, 0.05) is 6.54 Å². The number of thiophene rings is 1. The van der Waals surface area contributed by atoms with Crippen LogP contribution in [0, 0.1) is 6.92 Å². The number of nitrogens with zero attached hydrogens (tertiary/aromatic N) is 2. The molecule has 6 heteroatoms. The number of aliphatic hydroxyl groups excluding tert-OH is 1. The molecule has 0 bridgehead atoms. The van der Waals surface area contributed by atoms with Crippen LogP contribution in [0.15, 0.2) is 45.3 Å². The zero-order chi connectivity index (χ0) is 16.4. The van der Waals surface area contributed by atoms with Gasteiger partial charge in [0.25, 0.3) is 5.56 Å². The number of rotatable bonds is 5. The molecule has 0 aliphatic rings. The first-order valence-corrected chi connectivity index (χ1v) is 8.37. The third-order valence-corrected chi connectivity index (χ3v) is 5.03. The summed E-state index contributed by atoms with van der Waals surface area (Å²) in [6.45, 7) is 2.16. The summed E-state index contributed by atoms with van der Waals surface area (Å²) in [6.07, 6.45) is 0.712. The van der Waals surface area contributed by atoms with E-state index in [1.54, 1.807) is 4.57 Å². The molecule has 0 aliphatic heterocycles. The highest BCUT2D eigenvalue weighted by atomic mass is 32.1. The zero-order valence-electron chi connectivity index (χ0n) is 12.9. The summed E-state index contributed by atoms with van der Waals surface area (Å²) >= 11 is 1.42. The van der Waals surface area contributed by atoms with Crippen molar-refractivity contribution >= 4 is 21.6 Å². The van der Waals surface area contributed by atoms with Gasteiger partial charge in [0.1, 0.15) is 4.83 Å². The van der Waals surface area contributed by atoms with Gasteiger partial charge in [-0.2, -0.15) is 0 Å². The first-order chi connectivity index (χ1) is 11.1. The molecule has 1 N–H and O–H groups in total. The van der Waals surface area contributed by atoms with Crippen LogP contribution < -0.4 is 11.2 Å². The van der Waals surface area contributed by atoms with Crippen molar-refractivity contribution < 1.29 is 5.11 Å². The minimum Gasteiger partial charge on any atom is -0.395 e. The predicted octanol–water partition coefficient (Wildman–Crippen LogP) is 1.77. The van der Waals surface area contributed by atoms with Crippen molar-refractivity contribution in [1.29, 1.82) is 0 Å². The number of fused-ring (bicyclic) bond motifs is 1. The molecule has 120 valence electrons. The predicted molar refractivity (Wildman–Crippen MR) is 92.3 cm³/mol. The number of hydrogen-bond donors (Lipinski definition) is 1. The Bertz CT molecular complexity index is 938. The molecule has 3 rings (SSSR count). The monoisotopic (exact) mass is 330 g/mol. The van der Waals surface area contributed by atoms with Crippen LogP contribution in [-0.2, 0) is 19.5 Å². The summed E-state index contributed by atoms with van der Waals surface area (Å²) in [5.41, 5.74) is 1.35. The van der Waals surface area contributed by atoms with Gasteiger partial charge in [-0.05, 0) is 29.9 Å². The van der Waals surface area contributed by atoms with Crippen LogP contribution in [0.1, 0.15) is 11.1 Å². The first-order valence-electron chi connectivity index (χ1n) is 7.49. The van der Waals surface area contributed by atoms with Crippen molar-refractivity contribution in [3.63, 3.8) is 0 Å². The second kappa shape index (κ2) is 6.52. The van der Waals surface area contributed by atoms with Crippen molar-refractivity contribution in [2.75, 3.05) is 6.61 Å². The van der Waals surface area contributed by atoms with Crippen LogP contribution in [0.5, 0.6) is 0 Å². The minimum absolute atomic E-state index is 0.0221. The van der Waals surface area contributed by atoms with Crippen LogP contribution in [0.25, 0.3) is 10.2 Å². The van der Waals surface area contributed by atoms with E-state index in [0.29, 0.717) is 23.2 Å². The molecule has 3 aromatic rings. The summed E-state index contributed by atoms with van der Waals surface area (Å²) in [7, 11) is 0. The summed E-state index contributed by atoms with van der Waals surface area (Å²) in [4.78, 5) is 25.8. The molecule has 0 spiro atoms. The Balaban J connectivity index is 2.11. The molecule has 0 saturated carbocycles. The van der Waals surface area contributed by atoms with Crippen LogP contribution in [0.2, 0.25) is 0 Å². The second-order valence-corrected chi connectivity index (χ2v) is 6.31. The summed E-state index contributed by atoms with van der Waals surface area (Å²) in [5.74, 6) is 0. The van der Waals surface area contributed by atoms with Crippen LogP contribution in [-0.4, -0.2) is 20.8 Å². The van der Waals surface area contributed by atoms with Gasteiger partial charge in [-0.3, -0.25) is 13.9 Å². The van der Waals surface area contributed by atoms with Gasteiger partial charge in [0.2, 0.25) is 0 Å². The number of hydrogen-bond acceptors (Lipinski definition) is 4. The van der Waals surface area contributed by atoms with Gasteiger partial charge >= 0.3 is 5.69 Å². The lowest BCUT2D eigenvalue weighted by Crippen LogP contribution is -2.40. The Labute approximate surface area is 137 Å². The van der Waals surface area contributed by atoms with E-state index in [2.05, 4.69) is 0 Å².